The minimum atomic E-state index is 0.0239. The third-order valence-corrected chi connectivity index (χ3v) is 5.00. The van der Waals surface area contributed by atoms with E-state index in [4.69, 9.17) is 10.00 Å². The van der Waals surface area contributed by atoms with E-state index in [-0.39, 0.29) is 12.5 Å². The van der Waals surface area contributed by atoms with Crippen LogP contribution >= 0.6 is 0 Å². The van der Waals surface area contributed by atoms with Crippen LogP contribution in [0.15, 0.2) is 24.3 Å². The molecule has 116 valence electrons. The van der Waals surface area contributed by atoms with Crippen molar-refractivity contribution in [2.75, 3.05) is 19.7 Å². The number of amides is 1. The van der Waals surface area contributed by atoms with Gasteiger partial charge in [-0.05, 0) is 36.8 Å². The number of hydrogen-bond acceptors (Lipinski definition) is 3. The largest absolute Gasteiger partial charge is 0.482 e. The number of carbonyl (C=O) groups excluding carboxylic acids is 1. The van der Waals surface area contributed by atoms with Gasteiger partial charge in [-0.3, -0.25) is 4.79 Å². The van der Waals surface area contributed by atoms with Crippen LogP contribution in [0, 0.1) is 23.2 Å². The average Bonchev–Trinajstić information content (AvgIpc) is 2.59. The van der Waals surface area contributed by atoms with Gasteiger partial charge in [0.1, 0.15) is 11.8 Å². The Morgan fingerprint density at radius 2 is 2.00 bits per heavy atom. The fraction of sp³-hybridized carbons (Fsp3) is 0.556. The van der Waals surface area contributed by atoms with Crippen LogP contribution in [0.4, 0.5) is 0 Å². The summed E-state index contributed by atoms with van der Waals surface area (Å²) in [6.45, 7) is 1.76. The summed E-state index contributed by atoms with van der Waals surface area (Å²) in [6, 6.07) is 9.13. The summed E-state index contributed by atoms with van der Waals surface area (Å²) in [5.41, 5.74) is 0.473. The van der Waals surface area contributed by atoms with Crippen LogP contribution in [0.25, 0.3) is 0 Å². The third-order valence-electron chi connectivity index (χ3n) is 5.00. The van der Waals surface area contributed by atoms with E-state index in [0.29, 0.717) is 17.2 Å². The number of likely N-dealkylation sites (tertiary alicyclic amines) is 1. The zero-order valence-electron chi connectivity index (χ0n) is 12.8. The summed E-state index contributed by atoms with van der Waals surface area (Å²) in [5, 5.41) is 9.04. The quantitative estimate of drug-likeness (QED) is 0.862. The first-order chi connectivity index (χ1) is 10.8. The summed E-state index contributed by atoms with van der Waals surface area (Å²) in [5.74, 6) is 2.03. The predicted octanol–water partition coefficient (Wildman–Crippen LogP) is 2.98. The standard InChI is InChI=1S/C18H22N2O2/c19-11-15-6-3-4-8-17(15)22-13-18(21)20-10-9-14-5-1-2-7-16(14)12-20/h3-4,6,8,14,16H,1-2,5,7,9-10,12-13H2/t14-,16+/m0/s1. The highest BCUT2D eigenvalue weighted by Crippen LogP contribution is 2.36. The Morgan fingerprint density at radius 1 is 1.23 bits per heavy atom. The van der Waals surface area contributed by atoms with Gasteiger partial charge in [0.25, 0.3) is 5.91 Å². The maximum absolute atomic E-state index is 12.4. The second-order valence-electron chi connectivity index (χ2n) is 6.33. The van der Waals surface area contributed by atoms with E-state index >= 15 is 0 Å². The topological polar surface area (TPSA) is 53.3 Å². The molecule has 0 bridgehead atoms. The Bertz CT molecular complexity index is 579. The molecule has 0 radical (unpaired) electrons. The first kappa shape index (κ1) is 14.9. The van der Waals surface area contributed by atoms with Crippen molar-refractivity contribution in [2.45, 2.75) is 32.1 Å². The molecule has 1 amide bonds. The van der Waals surface area contributed by atoms with Crippen LogP contribution in [0.2, 0.25) is 0 Å². The minimum absolute atomic E-state index is 0.0239. The SMILES string of the molecule is N#Cc1ccccc1OCC(=O)N1CC[C@@H]2CCCC[C@@H]2C1. The zero-order chi connectivity index (χ0) is 15.4. The molecule has 1 saturated heterocycles. The summed E-state index contributed by atoms with van der Waals surface area (Å²) >= 11 is 0. The number of fused-ring (bicyclic) bond motifs is 1. The molecule has 2 atom stereocenters. The molecule has 4 heteroatoms. The smallest absolute Gasteiger partial charge is 0.260 e. The summed E-state index contributed by atoms with van der Waals surface area (Å²) in [4.78, 5) is 14.3. The lowest BCUT2D eigenvalue weighted by Crippen LogP contribution is -2.46. The number of piperidine rings is 1. The van der Waals surface area contributed by atoms with Crippen molar-refractivity contribution < 1.29 is 9.53 Å². The molecule has 0 aromatic heterocycles. The van der Waals surface area contributed by atoms with Gasteiger partial charge in [0, 0.05) is 13.1 Å². The second-order valence-corrected chi connectivity index (χ2v) is 6.33. The van der Waals surface area contributed by atoms with E-state index in [1.165, 1.54) is 25.7 Å². The number of rotatable bonds is 3. The molecule has 0 spiro atoms. The van der Waals surface area contributed by atoms with E-state index in [1.54, 1.807) is 18.2 Å². The maximum Gasteiger partial charge on any atom is 0.260 e. The molecule has 1 aliphatic carbocycles. The van der Waals surface area contributed by atoms with Gasteiger partial charge in [0.05, 0.1) is 5.56 Å². The lowest BCUT2D eigenvalue weighted by atomic mass is 9.75. The number of benzene rings is 1. The van der Waals surface area contributed by atoms with E-state index in [0.717, 1.165) is 25.4 Å². The maximum atomic E-state index is 12.4. The third kappa shape index (κ3) is 3.24. The Morgan fingerprint density at radius 3 is 2.82 bits per heavy atom. The number of carbonyl (C=O) groups is 1. The first-order valence-electron chi connectivity index (χ1n) is 8.17. The van der Waals surface area contributed by atoms with Crippen molar-refractivity contribution in [3.63, 3.8) is 0 Å². The Balaban J connectivity index is 1.55. The summed E-state index contributed by atoms with van der Waals surface area (Å²) < 4.78 is 5.57. The number of nitriles is 1. The van der Waals surface area contributed by atoms with Crippen molar-refractivity contribution >= 4 is 5.91 Å². The van der Waals surface area contributed by atoms with Crippen LogP contribution in [0.5, 0.6) is 5.75 Å². The monoisotopic (exact) mass is 298 g/mol. The highest BCUT2D eigenvalue weighted by atomic mass is 16.5. The van der Waals surface area contributed by atoms with Gasteiger partial charge in [0.15, 0.2) is 6.61 Å². The molecule has 2 aliphatic rings. The molecule has 0 unspecified atom stereocenters. The van der Waals surface area contributed by atoms with Gasteiger partial charge in [0.2, 0.25) is 0 Å². The van der Waals surface area contributed by atoms with E-state index < -0.39 is 0 Å². The summed E-state index contributed by atoms with van der Waals surface area (Å²) in [6.07, 6.45) is 6.37. The highest BCUT2D eigenvalue weighted by Gasteiger charge is 2.32. The number of para-hydroxylation sites is 1. The Kier molecular flexibility index (Phi) is 4.62. The van der Waals surface area contributed by atoms with Gasteiger partial charge in [-0.25, -0.2) is 0 Å². The molecular formula is C18H22N2O2. The van der Waals surface area contributed by atoms with Crippen LogP contribution in [-0.2, 0) is 4.79 Å². The molecule has 0 N–H and O–H groups in total. The van der Waals surface area contributed by atoms with Crippen LogP contribution < -0.4 is 4.74 Å². The Hall–Kier alpha value is -2.02. The minimum Gasteiger partial charge on any atom is -0.482 e. The van der Waals surface area contributed by atoms with Crippen LogP contribution in [0.1, 0.15) is 37.7 Å². The van der Waals surface area contributed by atoms with Gasteiger partial charge in [-0.15, -0.1) is 0 Å². The Labute approximate surface area is 131 Å². The zero-order valence-corrected chi connectivity index (χ0v) is 12.8. The predicted molar refractivity (Wildman–Crippen MR) is 83.3 cm³/mol. The molecule has 4 nitrogen and oxygen atoms in total. The average molecular weight is 298 g/mol. The number of hydrogen-bond donors (Lipinski definition) is 0. The molecule has 2 fully saturated rings. The number of nitrogens with zero attached hydrogens (tertiary/aromatic N) is 2. The van der Waals surface area contributed by atoms with E-state index in [2.05, 4.69) is 6.07 Å². The molecule has 1 aromatic rings. The van der Waals surface area contributed by atoms with Crippen LogP contribution in [-0.4, -0.2) is 30.5 Å². The van der Waals surface area contributed by atoms with E-state index in [9.17, 15) is 4.79 Å². The lowest BCUT2D eigenvalue weighted by Gasteiger charge is -2.41. The molecular weight excluding hydrogens is 276 g/mol. The molecule has 1 aromatic carbocycles. The molecule has 22 heavy (non-hydrogen) atoms. The van der Waals surface area contributed by atoms with Crippen LogP contribution in [0.3, 0.4) is 0 Å². The van der Waals surface area contributed by atoms with Crippen molar-refractivity contribution in [3.05, 3.63) is 29.8 Å². The molecule has 1 heterocycles. The normalized spacial score (nSPS) is 24.2. The molecule has 1 saturated carbocycles. The van der Waals surface area contributed by atoms with Crippen molar-refractivity contribution in [2.24, 2.45) is 11.8 Å². The molecule has 1 aliphatic heterocycles. The summed E-state index contributed by atoms with van der Waals surface area (Å²) in [7, 11) is 0. The second kappa shape index (κ2) is 6.83. The first-order valence-corrected chi connectivity index (χ1v) is 8.17. The fourth-order valence-electron chi connectivity index (χ4n) is 3.74. The molecule has 3 rings (SSSR count). The van der Waals surface area contributed by atoms with Crippen molar-refractivity contribution in [3.8, 4) is 11.8 Å². The van der Waals surface area contributed by atoms with Crippen molar-refractivity contribution in [1.29, 1.82) is 5.26 Å². The van der Waals surface area contributed by atoms with Gasteiger partial charge in [-0.2, -0.15) is 5.26 Å². The van der Waals surface area contributed by atoms with Crippen molar-refractivity contribution in [1.82, 2.24) is 4.90 Å². The highest BCUT2D eigenvalue weighted by molar-refractivity contribution is 5.78. The van der Waals surface area contributed by atoms with Gasteiger partial charge in [-0.1, -0.05) is 31.4 Å². The fourth-order valence-corrected chi connectivity index (χ4v) is 3.74. The van der Waals surface area contributed by atoms with E-state index in [1.807, 2.05) is 11.0 Å². The van der Waals surface area contributed by atoms with Gasteiger partial charge < -0.3 is 9.64 Å². The number of ether oxygens (including phenoxy) is 1. The lowest BCUT2D eigenvalue weighted by molar-refractivity contribution is -0.136. The van der Waals surface area contributed by atoms with Gasteiger partial charge >= 0.3 is 0 Å².